The summed E-state index contributed by atoms with van der Waals surface area (Å²) in [6, 6.07) is 9.49. The maximum absolute atomic E-state index is 13.1. The number of alkyl halides is 2. The van der Waals surface area contributed by atoms with Gasteiger partial charge in [0.05, 0.1) is 18.9 Å². The van der Waals surface area contributed by atoms with E-state index in [4.69, 9.17) is 4.74 Å². The van der Waals surface area contributed by atoms with E-state index in [2.05, 4.69) is 35.3 Å². The van der Waals surface area contributed by atoms with E-state index < -0.39 is 6.11 Å². The highest BCUT2D eigenvalue weighted by Gasteiger charge is 2.29. The number of nitrogens with one attached hydrogen (secondary N) is 1. The molecule has 3 aromatic rings. The van der Waals surface area contributed by atoms with Crippen LogP contribution in [0.5, 0.6) is 5.75 Å². The fourth-order valence-corrected chi connectivity index (χ4v) is 5.99. The van der Waals surface area contributed by atoms with Crippen LogP contribution >= 0.6 is 11.3 Å². The van der Waals surface area contributed by atoms with Crippen LogP contribution in [0.1, 0.15) is 60.5 Å². The number of halogens is 2. The number of nitrogens with zero attached hydrogens (tertiary/aromatic N) is 5. The number of anilines is 2. The van der Waals surface area contributed by atoms with Crippen LogP contribution in [0.2, 0.25) is 0 Å². The van der Waals surface area contributed by atoms with Gasteiger partial charge in [0.15, 0.2) is 11.6 Å². The monoisotopic (exact) mass is 586 g/mol. The van der Waals surface area contributed by atoms with Crippen molar-refractivity contribution < 1.29 is 27.8 Å². The Hall–Kier alpha value is -3.58. The Morgan fingerprint density at radius 3 is 2.76 bits per heavy atom. The van der Waals surface area contributed by atoms with Gasteiger partial charge in [0.1, 0.15) is 21.5 Å². The average Bonchev–Trinajstić information content (AvgIpc) is 3.59. The Kier molecular flexibility index (Phi) is 9.13. The van der Waals surface area contributed by atoms with Gasteiger partial charge in [0.25, 0.3) is 0 Å². The summed E-state index contributed by atoms with van der Waals surface area (Å²) in [7, 11) is 0. The number of aromatic nitrogens is 4. The molecular weight excluding hydrogens is 554 g/mol. The van der Waals surface area contributed by atoms with E-state index in [9.17, 15) is 18.4 Å². The lowest BCUT2D eigenvalue weighted by Crippen LogP contribution is -2.23. The summed E-state index contributed by atoms with van der Waals surface area (Å²) in [6.07, 6.45) is 1.41. The van der Waals surface area contributed by atoms with Crippen LogP contribution in [0, 0.1) is 0 Å². The van der Waals surface area contributed by atoms with Crippen LogP contribution in [0.15, 0.2) is 36.4 Å². The van der Waals surface area contributed by atoms with Crippen LogP contribution in [-0.2, 0) is 27.2 Å². The molecule has 4 heterocycles. The predicted octanol–water partition coefficient (Wildman–Crippen LogP) is 4.57. The average molecular weight is 587 g/mol. The van der Waals surface area contributed by atoms with Crippen molar-refractivity contribution in [1.29, 1.82) is 0 Å². The van der Waals surface area contributed by atoms with Crippen molar-refractivity contribution in [3.63, 3.8) is 0 Å². The van der Waals surface area contributed by atoms with Gasteiger partial charge in [-0.2, -0.15) is 8.78 Å². The third-order valence-corrected chi connectivity index (χ3v) is 7.99. The summed E-state index contributed by atoms with van der Waals surface area (Å²) in [6.45, 7) is 2.86. The summed E-state index contributed by atoms with van der Waals surface area (Å²) in [5.74, 6) is 0.928. The van der Waals surface area contributed by atoms with E-state index in [0.717, 1.165) is 48.9 Å². The summed E-state index contributed by atoms with van der Waals surface area (Å²) >= 11 is 1.49. The standard InChI is InChI=1S/C28H32F2N6O4S/c1-28(29,30)40-22-7-4-5-18(13-22)14-25(38)31-23-8-9-24(33-32-23)36-11-10-19(17-36)27-35-34-26(41-27)16-20(37)15-21-6-2-3-12-39-21/h4-5,7-9,13,19,21H,2-3,6,10-12,14-17H2,1H3,(H,31,32,38). The zero-order valence-electron chi connectivity index (χ0n) is 22.7. The lowest BCUT2D eigenvalue weighted by atomic mass is 10.0. The van der Waals surface area contributed by atoms with Gasteiger partial charge in [-0.3, -0.25) is 9.59 Å². The van der Waals surface area contributed by atoms with Gasteiger partial charge in [0.2, 0.25) is 5.91 Å². The Morgan fingerprint density at radius 2 is 2.00 bits per heavy atom. The molecular formula is C28H32F2N6O4S. The minimum absolute atomic E-state index is 0.0149. The minimum atomic E-state index is -3.31. The maximum Gasteiger partial charge on any atom is 0.394 e. The molecule has 1 amide bonds. The smallest absolute Gasteiger partial charge is 0.394 e. The predicted molar refractivity (Wildman–Crippen MR) is 148 cm³/mol. The molecule has 1 aromatic carbocycles. The molecule has 2 aliphatic heterocycles. The quantitative estimate of drug-likeness (QED) is 0.345. The molecule has 5 rings (SSSR count). The van der Waals surface area contributed by atoms with E-state index in [-0.39, 0.29) is 35.9 Å². The highest BCUT2D eigenvalue weighted by molar-refractivity contribution is 7.11. The largest absolute Gasteiger partial charge is 0.433 e. The molecule has 0 saturated carbocycles. The van der Waals surface area contributed by atoms with E-state index in [1.165, 1.54) is 23.5 Å². The molecule has 10 nitrogen and oxygen atoms in total. The Bertz CT molecular complexity index is 1340. The lowest BCUT2D eigenvalue weighted by molar-refractivity contribution is -0.159. The number of benzene rings is 1. The molecule has 0 radical (unpaired) electrons. The van der Waals surface area contributed by atoms with Gasteiger partial charge in [0, 0.05) is 39.0 Å². The van der Waals surface area contributed by atoms with Gasteiger partial charge in [-0.1, -0.05) is 12.1 Å². The maximum atomic E-state index is 13.1. The second-order valence-corrected chi connectivity index (χ2v) is 11.5. The van der Waals surface area contributed by atoms with Crippen LogP contribution in [0.4, 0.5) is 20.4 Å². The second kappa shape index (κ2) is 12.9. The highest BCUT2D eigenvalue weighted by Crippen LogP contribution is 2.32. The van der Waals surface area contributed by atoms with Crippen molar-refractivity contribution in [1.82, 2.24) is 20.4 Å². The number of ether oxygens (including phenoxy) is 2. The number of amides is 1. The molecule has 0 bridgehead atoms. The lowest BCUT2D eigenvalue weighted by Gasteiger charge is -2.21. The molecule has 2 saturated heterocycles. The van der Waals surface area contributed by atoms with Gasteiger partial charge in [-0.25, -0.2) is 0 Å². The molecule has 41 heavy (non-hydrogen) atoms. The zero-order valence-corrected chi connectivity index (χ0v) is 23.5. The number of ketones is 1. The number of hydrogen-bond acceptors (Lipinski definition) is 10. The first-order chi connectivity index (χ1) is 19.7. The first-order valence-corrected chi connectivity index (χ1v) is 14.5. The molecule has 2 fully saturated rings. The summed E-state index contributed by atoms with van der Waals surface area (Å²) in [5.41, 5.74) is 0.527. The third kappa shape index (κ3) is 8.46. The van der Waals surface area contributed by atoms with Crippen molar-refractivity contribution in [2.24, 2.45) is 0 Å². The normalized spacial score (nSPS) is 19.2. The number of carbonyl (C=O) groups excluding carboxylic acids is 2. The van der Waals surface area contributed by atoms with Crippen molar-refractivity contribution in [2.75, 3.05) is 29.9 Å². The summed E-state index contributed by atoms with van der Waals surface area (Å²) in [5, 5.41) is 21.4. The van der Waals surface area contributed by atoms with Crippen LogP contribution in [0.25, 0.3) is 0 Å². The summed E-state index contributed by atoms with van der Waals surface area (Å²) < 4.78 is 36.5. The Balaban J connectivity index is 1.09. The van der Waals surface area contributed by atoms with E-state index in [1.54, 1.807) is 24.3 Å². The zero-order chi connectivity index (χ0) is 28.8. The van der Waals surface area contributed by atoms with Crippen LogP contribution in [-0.4, -0.2) is 64.0 Å². The second-order valence-electron chi connectivity index (χ2n) is 10.4. The van der Waals surface area contributed by atoms with Crippen LogP contribution < -0.4 is 15.0 Å². The SMILES string of the molecule is CC(F)(F)Oc1cccc(CC(=O)Nc2ccc(N3CCC(c4nnc(CC(=O)CC5CCCCO5)s4)C3)nn2)c1. The number of carbonyl (C=O) groups is 2. The first-order valence-electron chi connectivity index (χ1n) is 13.7. The summed E-state index contributed by atoms with van der Waals surface area (Å²) in [4.78, 5) is 27.0. The van der Waals surface area contributed by atoms with Gasteiger partial charge >= 0.3 is 6.11 Å². The van der Waals surface area contributed by atoms with Crippen LogP contribution in [0.3, 0.4) is 0 Å². The van der Waals surface area contributed by atoms with Gasteiger partial charge < -0.3 is 19.7 Å². The van der Waals surface area contributed by atoms with E-state index >= 15 is 0 Å². The molecule has 1 N–H and O–H groups in total. The molecule has 2 unspecified atom stereocenters. The minimum Gasteiger partial charge on any atom is -0.433 e. The van der Waals surface area contributed by atoms with E-state index in [1.807, 2.05) is 0 Å². The molecule has 0 aliphatic carbocycles. The highest BCUT2D eigenvalue weighted by atomic mass is 32.1. The Labute approximate surface area is 240 Å². The van der Waals surface area contributed by atoms with Gasteiger partial charge in [-0.05, 0) is 55.5 Å². The van der Waals surface area contributed by atoms with Crippen molar-refractivity contribution >= 4 is 34.7 Å². The molecule has 218 valence electrons. The van der Waals surface area contributed by atoms with Crippen molar-refractivity contribution in [2.45, 2.75) is 70.0 Å². The fourth-order valence-electron chi connectivity index (χ4n) is 4.99. The number of rotatable bonds is 11. The van der Waals surface area contributed by atoms with Gasteiger partial charge in [-0.15, -0.1) is 31.7 Å². The number of hydrogen-bond donors (Lipinski definition) is 1. The molecule has 2 aromatic heterocycles. The Morgan fingerprint density at radius 1 is 1.12 bits per heavy atom. The molecule has 2 atom stereocenters. The van der Waals surface area contributed by atoms with E-state index in [0.29, 0.717) is 43.5 Å². The van der Waals surface area contributed by atoms with Crippen molar-refractivity contribution in [3.05, 3.63) is 52.0 Å². The molecule has 13 heteroatoms. The fraction of sp³-hybridized carbons (Fsp3) is 0.500. The molecule has 0 spiro atoms. The first kappa shape index (κ1) is 28.9. The number of Topliss-reactive ketones (excluding diaryl/α,β-unsaturated/α-hetero) is 1. The topological polar surface area (TPSA) is 119 Å². The third-order valence-electron chi connectivity index (χ3n) is 6.90. The van der Waals surface area contributed by atoms with Crippen molar-refractivity contribution in [3.8, 4) is 5.75 Å². The molecule has 2 aliphatic rings.